The third-order valence-electron chi connectivity index (χ3n) is 4.50. The lowest BCUT2D eigenvalue weighted by Crippen LogP contribution is -2.60. The summed E-state index contributed by atoms with van der Waals surface area (Å²) in [5.74, 6) is 1.22. The molecule has 140 valence electrons. The van der Waals surface area contributed by atoms with Gasteiger partial charge in [-0.2, -0.15) is 0 Å². The average Bonchev–Trinajstić information content (AvgIpc) is 2.48. The third-order valence-corrected chi connectivity index (χ3v) is 4.74. The van der Waals surface area contributed by atoms with Crippen LogP contribution in [0.25, 0.3) is 0 Å². The molecule has 2 heterocycles. The zero-order valence-corrected chi connectivity index (χ0v) is 16.5. The van der Waals surface area contributed by atoms with Crippen LogP contribution >= 0.6 is 11.6 Å². The molecule has 0 bridgehead atoms. The molecule has 1 aliphatic rings. The van der Waals surface area contributed by atoms with Crippen LogP contribution in [0.4, 0.5) is 23.0 Å². The van der Waals surface area contributed by atoms with E-state index in [0.717, 1.165) is 18.5 Å². The average molecular weight is 375 g/mol. The first-order valence-electron chi connectivity index (χ1n) is 8.82. The number of nitrogens with one attached hydrogen (secondary N) is 3. The summed E-state index contributed by atoms with van der Waals surface area (Å²) in [6, 6.07) is 7.72. The van der Waals surface area contributed by atoms with Crippen LogP contribution in [0.3, 0.4) is 0 Å². The van der Waals surface area contributed by atoms with E-state index in [1.165, 1.54) is 6.33 Å². The van der Waals surface area contributed by atoms with Gasteiger partial charge in [0.15, 0.2) is 11.6 Å². The molecule has 0 aliphatic carbocycles. The van der Waals surface area contributed by atoms with Crippen molar-refractivity contribution in [2.24, 2.45) is 0 Å². The van der Waals surface area contributed by atoms with Gasteiger partial charge >= 0.3 is 0 Å². The van der Waals surface area contributed by atoms with Crippen molar-refractivity contribution >= 4 is 34.6 Å². The monoisotopic (exact) mass is 374 g/mol. The van der Waals surface area contributed by atoms with Gasteiger partial charge < -0.3 is 21.7 Å². The molecule has 1 fully saturated rings. The summed E-state index contributed by atoms with van der Waals surface area (Å²) in [6.45, 7) is 8.88. The van der Waals surface area contributed by atoms with Crippen molar-refractivity contribution in [2.45, 2.75) is 57.7 Å². The lowest BCUT2D eigenvalue weighted by molar-refractivity contribution is 0.170. The first kappa shape index (κ1) is 18.7. The van der Waals surface area contributed by atoms with Crippen LogP contribution in [0.2, 0.25) is 5.02 Å². The molecule has 26 heavy (non-hydrogen) atoms. The number of benzene rings is 1. The van der Waals surface area contributed by atoms with Gasteiger partial charge in [-0.3, -0.25) is 0 Å². The minimum Gasteiger partial charge on any atom is -0.393 e. The maximum absolute atomic E-state index is 6.32. The summed E-state index contributed by atoms with van der Waals surface area (Å²) in [5.41, 5.74) is 7.75. The summed E-state index contributed by atoms with van der Waals surface area (Å²) in [5, 5.41) is 11.1. The van der Waals surface area contributed by atoms with Gasteiger partial charge in [-0.05, 0) is 58.7 Å². The number of anilines is 4. The number of nitrogens with zero attached hydrogens (tertiary/aromatic N) is 2. The van der Waals surface area contributed by atoms with Crippen molar-refractivity contribution in [1.82, 2.24) is 15.3 Å². The smallest absolute Gasteiger partial charge is 0.159 e. The Bertz CT molecular complexity index is 773. The molecule has 1 aromatic heterocycles. The largest absolute Gasteiger partial charge is 0.393 e. The molecule has 1 aliphatic heterocycles. The van der Waals surface area contributed by atoms with Crippen LogP contribution in [-0.2, 0) is 0 Å². The summed E-state index contributed by atoms with van der Waals surface area (Å²) in [7, 11) is 0. The van der Waals surface area contributed by atoms with E-state index in [9.17, 15) is 0 Å². The van der Waals surface area contributed by atoms with E-state index in [4.69, 9.17) is 17.3 Å². The van der Waals surface area contributed by atoms with Crippen molar-refractivity contribution in [3.05, 3.63) is 35.6 Å². The number of hydrogen-bond donors (Lipinski definition) is 4. The minimum atomic E-state index is 0.0447. The van der Waals surface area contributed by atoms with Crippen LogP contribution in [0.1, 0.15) is 40.5 Å². The van der Waals surface area contributed by atoms with E-state index < -0.39 is 0 Å². The molecule has 7 heteroatoms. The van der Waals surface area contributed by atoms with Crippen LogP contribution in [0.5, 0.6) is 0 Å². The predicted octanol–water partition coefficient (Wildman–Crippen LogP) is 4.18. The standard InChI is InChI=1S/C19H27ClN6/c1-18(2)9-14(10-19(3,4)26-18)25-17-15(21)16(22-11-23-17)24-13-7-5-6-12(20)8-13/h5-8,11,14,26H,9-10,21H2,1-4H3,(H2,22,23,24,25). The SMILES string of the molecule is CC1(C)CC(Nc2ncnc(Nc3cccc(Cl)c3)c2N)CC(C)(C)N1. The number of halogens is 1. The molecule has 1 saturated heterocycles. The molecule has 0 spiro atoms. The van der Waals surface area contributed by atoms with Crippen LogP contribution in [0, 0.1) is 0 Å². The zero-order chi connectivity index (χ0) is 18.9. The van der Waals surface area contributed by atoms with Gasteiger partial charge in [0.1, 0.15) is 12.0 Å². The molecular formula is C19H27ClN6. The highest BCUT2D eigenvalue weighted by atomic mass is 35.5. The highest BCUT2D eigenvalue weighted by molar-refractivity contribution is 6.30. The second-order valence-corrected chi connectivity index (χ2v) is 8.70. The quantitative estimate of drug-likeness (QED) is 0.642. The molecule has 2 aromatic rings. The molecule has 0 radical (unpaired) electrons. The Hall–Kier alpha value is -2.05. The Morgan fingerprint density at radius 3 is 2.42 bits per heavy atom. The molecule has 0 amide bonds. The van der Waals surface area contributed by atoms with Crippen LogP contribution in [0.15, 0.2) is 30.6 Å². The van der Waals surface area contributed by atoms with Gasteiger partial charge in [0.2, 0.25) is 0 Å². The van der Waals surface area contributed by atoms with Crippen LogP contribution in [-0.4, -0.2) is 27.1 Å². The predicted molar refractivity (Wildman–Crippen MR) is 109 cm³/mol. The van der Waals surface area contributed by atoms with Gasteiger partial charge in [-0.25, -0.2) is 9.97 Å². The highest BCUT2D eigenvalue weighted by Crippen LogP contribution is 2.33. The molecule has 0 unspecified atom stereocenters. The summed E-state index contributed by atoms with van der Waals surface area (Å²) in [4.78, 5) is 8.63. The van der Waals surface area contributed by atoms with Crippen molar-refractivity contribution in [1.29, 1.82) is 0 Å². The summed E-state index contributed by atoms with van der Waals surface area (Å²) in [6.07, 6.45) is 3.48. The fourth-order valence-electron chi connectivity index (χ4n) is 3.93. The number of rotatable bonds is 4. The maximum Gasteiger partial charge on any atom is 0.159 e. The Balaban J connectivity index is 1.79. The van der Waals surface area contributed by atoms with E-state index in [1.807, 2.05) is 24.3 Å². The van der Waals surface area contributed by atoms with E-state index in [0.29, 0.717) is 22.3 Å². The van der Waals surface area contributed by atoms with Gasteiger partial charge in [-0.1, -0.05) is 17.7 Å². The normalized spacial score (nSPS) is 19.1. The van der Waals surface area contributed by atoms with E-state index >= 15 is 0 Å². The Morgan fingerprint density at radius 2 is 1.77 bits per heavy atom. The Kier molecular flexibility index (Phi) is 4.99. The maximum atomic E-state index is 6.32. The van der Waals surface area contributed by atoms with Crippen molar-refractivity contribution in [3.63, 3.8) is 0 Å². The topological polar surface area (TPSA) is 87.9 Å². The van der Waals surface area contributed by atoms with E-state index in [1.54, 1.807) is 0 Å². The van der Waals surface area contributed by atoms with E-state index in [2.05, 4.69) is 53.6 Å². The summed E-state index contributed by atoms with van der Waals surface area (Å²) < 4.78 is 0. The molecule has 0 saturated carbocycles. The van der Waals surface area contributed by atoms with Gasteiger partial charge in [0.05, 0.1) is 0 Å². The zero-order valence-electron chi connectivity index (χ0n) is 15.7. The Morgan fingerprint density at radius 1 is 1.12 bits per heavy atom. The van der Waals surface area contributed by atoms with Crippen LogP contribution < -0.4 is 21.7 Å². The fraction of sp³-hybridized carbons (Fsp3) is 0.474. The molecule has 6 nitrogen and oxygen atoms in total. The number of piperidine rings is 1. The Labute approximate surface area is 159 Å². The second-order valence-electron chi connectivity index (χ2n) is 8.26. The molecule has 3 rings (SSSR count). The van der Waals surface area contributed by atoms with E-state index in [-0.39, 0.29) is 17.1 Å². The first-order chi connectivity index (χ1) is 12.1. The second kappa shape index (κ2) is 6.93. The first-order valence-corrected chi connectivity index (χ1v) is 9.20. The van der Waals surface area contributed by atoms with Gasteiger partial charge in [0, 0.05) is 27.8 Å². The molecule has 1 aromatic carbocycles. The third kappa shape index (κ3) is 4.56. The minimum absolute atomic E-state index is 0.0447. The molecular weight excluding hydrogens is 348 g/mol. The van der Waals surface area contributed by atoms with Gasteiger partial charge in [0.25, 0.3) is 0 Å². The number of nitrogen functional groups attached to an aromatic ring is 1. The van der Waals surface area contributed by atoms with Gasteiger partial charge in [-0.15, -0.1) is 0 Å². The number of aromatic nitrogens is 2. The summed E-state index contributed by atoms with van der Waals surface area (Å²) >= 11 is 6.04. The van der Waals surface area contributed by atoms with Crippen molar-refractivity contribution in [3.8, 4) is 0 Å². The highest BCUT2D eigenvalue weighted by Gasteiger charge is 2.37. The fourth-order valence-corrected chi connectivity index (χ4v) is 4.12. The number of hydrogen-bond acceptors (Lipinski definition) is 6. The lowest BCUT2D eigenvalue weighted by Gasteiger charge is -2.46. The van der Waals surface area contributed by atoms with Crippen molar-refractivity contribution < 1.29 is 0 Å². The molecule has 5 N–H and O–H groups in total. The van der Waals surface area contributed by atoms with Crippen molar-refractivity contribution in [2.75, 3.05) is 16.4 Å². The molecule has 0 atom stereocenters. The lowest BCUT2D eigenvalue weighted by atomic mass is 9.79. The number of nitrogens with two attached hydrogens (primary N) is 1.